The highest BCUT2D eigenvalue weighted by Gasteiger charge is 2.28. The Kier molecular flexibility index (Phi) is 6.26. The van der Waals surface area contributed by atoms with Crippen molar-refractivity contribution in [2.75, 3.05) is 26.2 Å². The van der Waals surface area contributed by atoms with Crippen LogP contribution in [-0.2, 0) is 16.0 Å². The van der Waals surface area contributed by atoms with E-state index in [4.69, 9.17) is 0 Å². The summed E-state index contributed by atoms with van der Waals surface area (Å²) in [5.74, 6) is 0.655. The summed E-state index contributed by atoms with van der Waals surface area (Å²) in [6.07, 6.45) is 9.56. The van der Waals surface area contributed by atoms with Crippen molar-refractivity contribution in [1.29, 1.82) is 0 Å². The van der Waals surface area contributed by atoms with Crippen molar-refractivity contribution < 1.29 is 9.59 Å². The maximum Gasteiger partial charge on any atom is 0.226 e. The van der Waals surface area contributed by atoms with Crippen LogP contribution in [0.2, 0.25) is 0 Å². The molecule has 0 saturated carbocycles. The van der Waals surface area contributed by atoms with Gasteiger partial charge in [-0.15, -0.1) is 0 Å². The lowest BCUT2D eigenvalue weighted by molar-refractivity contribution is -0.142. The molecule has 1 saturated heterocycles. The van der Waals surface area contributed by atoms with E-state index >= 15 is 0 Å². The second-order valence-electron chi connectivity index (χ2n) is 7.03. The number of carbonyl (C=O) groups is 2. The molecule has 0 bridgehead atoms. The molecule has 1 fully saturated rings. The van der Waals surface area contributed by atoms with E-state index in [9.17, 15) is 9.59 Å². The van der Waals surface area contributed by atoms with Crippen molar-refractivity contribution in [3.05, 3.63) is 48.0 Å². The van der Waals surface area contributed by atoms with E-state index in [1.165, 1.54) is 5.56 Å². The number of carbonyl (C=O) groups excluding carboxylic acids is 2. The summed E-state index contributed by atoms with van der Waals surface area (Å²) >= 11 is 0. The van der Waals surface area contributed by atoms with Gasteiger partial charge in [0.1, 0.15) is 0 Å². The fraction of sp³-hybridized carbons (Fsp3) is 0.524. The van der Waals surface area contributed by atoms with Gasteiger partial charge in [-0.25, -0.2) is 0 Å². The Morgan fingerprint density at radius 2 is 1.68 bits per heavy atom. The number of benzene rings is 1. The first kappa shape index (κ1) is 17.7. The minimum Gasteiger partial charge on any atom is -0.339 e. The predicted molar refractivity (Wildman–Crippen MR) is 99.0 cm³/mol. The standard InChI is InChI=1S/C21H28N2O2/c24-20(13-7-10-18-8-3-1-4-9-18)22-14-16-23(17-15-22)21(25)19-11-5-2-6-12-19/h1-5,8-9,19H,6-7,10-17H2. The Balaban J connectivity index is 1.38. The Hall–Kier alpha value is -2.10. The van der Waals surface area contributed by atoms with Crippen molar-refractivity contribution in [2.24, 2.45) is 5.92 Å². The zero-order valence-corrected chi connectivity index (χ0v) is 14.9. The summed E-state index contributed by atoms with van der Waals surface area (Å²) in [6, 6.07) is 10.3. The number of aryl methyl sites for hydroxylation is 1. The first-order valence-electron chi connectivity index (χ1n) is 9.49. The topological polar surface area (TPSA) is 40.6 Å². The SMILES string of the molecule is O=C(CCCc1ccccc1)N1CCN(C(=O)C2CC=CCC2)CC1. The molecule has 25 heavy (non-hydrogen) atoms. The molecule has 1 atom stereocenters. The van der Waals surface area contributed by atoms with Gasteiger partial charge in [0.05, 0.1) is 0 Å². The van der Waals surface area contributed by atoms with Crippen LogP contribution >= 0.6 is 0 Å². The van der Waals surface area contributed by atoms with Crippen molar-refractivity contribution in [3.8, 4) is 0 Å². The number of nitrogens with zero attached hydrogens (tertiary/aromatic N) is 2. The highest BCUT2D eigenvalue weighted by molar-refractivity contribution is 5.80. The normalized spacial score (nSPS) is 20.6. The molecule has 2 amide bonds. The van der Waals surface area contributed by atoms with E-state index in [0.29, 0.717) is 32.6 Å². The van der Waals surface area contributed by atoms with Crippen LogP contribution in [0.1, 0.15) is 37.7 Å². The monoisotopic (exact) mass is 340 g/mol. The summed E-state index contributed by atoms with van der Waals surface area (Å²) in [4.78, 5) is 28.8. The fourth-order valence-corrected chi connectivity index (χ4v) is 3.70. The van der Waals surface area contributed by atoms with E-state index < -0.39 is 0 Å². The Labute approximate surface area is 150 Å². The number of amides is 2. The summed E-state index contributed by atoms with van der Waals surface area (Å²) in [6.45, 7) is 2.73. The van der Waals surface area contributed by atoms with Gasteiger partial charge in [0.2, 0.25) is 11.8 Å². The molecule has 3 rings (SSSR count). The minimum atomic E-state index is 0.151. The predicted octanol–water partition coefficient (Wildman–Crippen LogP) is 3.04. The molecule has 4 nitrogen and oxygen atoms in total. The second kappa shape index (κ2) is 8.84. The third-order valence-corrected chi connectivity index (χ3v) is 5.26. The van der Waals surface area contributed by atoms with Crippen molar-refractivity contribution in [2.45, 2.75) is 38.5 Å². The lowest BCUT2D eigenvalue weighted by Crippen LogP contribution is -2.52. The van der Waals surface area contributed by atoms with Crippen LogP contribution in [-0.4, -0.2) is 47.8 Å². The van der Waals surface area contributed by atoms with Gasteiger partial charge in [-0.05, 0) is 37.7 Å². The number of hydrogen-bond donors (Lipinski definition) is 0. The molecular formula is C21H28N2O2. The molecule has 0 spiro atoms. The van der Waals surface area contributed by atoms with Crippen molar-refractivity contribution in [1.82, 2.24) is 9.80 Å². The molecule has 1 aliphatic heterocycles. The van der Waals surface area contributed by atoms with Gasteiger partial charge in [0.25, 0.3) is 0 Å². The van der Waals surface area contributed by atoms with Crippen LogP contribution in [0.5, 0.6) is 0 Å². The molecule has 1 aromatic rings. The molecule has 4 heteroatoms. The quantitative estimate of drug-likeness (QED) is 0.773. The molecule has 2 aliphatic rings. The lowest BCUT2D eigenvalue weighted by atomic mass is 9.93. The highest BCUT2D eigenvalue weighted by atomic mass is 16.2. The van der Waals surface area contributed by atoms with Crippen LogP contribution < -0.4 is 0 Å². The Morgan fingerprint density at radius 3 is 2.36 bits per heavy atom. The smallest absolute Gasteiger partial charge is 0.226 e. The van der Waals surface area contributed by atoms with E-state index in [-0.39, 0.29) is 17.7 Å². The number of allylic oxidation sites excluding steroid dienone is 2. The molecule has 1 heterocycles. The lowest BCUT2D eigenvalue weighted by Gasteiger charge is -2.36. The molecule has 0 aromatic heterocycles. The molecule has 0 radical (unpaired) electrons. The van der Waals surface area contributed by atoms with Crippen LogP contribution in [0.4, 0.5) is 0 Å². The van der Waals surface area contributed by atoms with Crippen LogP contribution in [0.3, 0.4) is 0 Å². The summed E-state index contributed by atoms with van der Waals surface area (Å²) in [7, 11) is 0. The van der Waals surface area contributed by atoms with Crippen molar-refractivity contribution in [3.63, 3.8) is 0 Å². The van der Waals surface area contributed by atoms with Gasteiger partial charge < -0.3 is 9.80 Å². The summed E-state index contributed by atoms with van der Waals surface area (Å²) in [5.41, 5.74) is 1.28. The second-order valence-corrected chi connectivity index (χ2v) is 7.03. The van der Waals surface area contributed by atoms with Crippen LogP contribution in [0.25, 0.3) is 0 Å². The fourth-order valence-electron chi connectivity index (χ4n) is 3.70. The van der Waals surface area contributed by atoms with Crippen molar-refractivity contribution >= 4 is 11.8 Å². The van der Waals surface area contributed by atoms with E-state index in [2.05, 4.69) is 24.3 Å². The molecule has 0 N–H and O–H groups in total. The first-order chi connectivity index (χ1) is 12.2. The molecule has 1 unspecified atom stereocenters. The number of piperazine rings is 1. The summed E-state index contributed by atoms with van der Waals surface area (Å²) < 4.78 is 0. The zero-order chi connectivity index (χ0) is 17.5. The van der Waals surface area contributed by atoms with Gasteiger partial charge in [-0.2, -0.15) is 0 Å². The maximum absolute atomic E-state index is 12.5. The Morgan fingerprint density at radius 1 is 0.960 bits per heavy atom. The molecule has 134 valence electrons. The van der Waals surface area contributed by atoms with E-state index in [0.717, 1.165) is 32.1 Å². The molecule has 1 aromatic carbocycles. The zero-order valence-electron chi connectivity index (χ0n) is 14.9. The third-order valence-electron chi connectivity index (χ3n) is 5.26. The van der Waals surface area contributed by atoms with Gasteiger partial charge in [0.15, 0.2) is 0 Å². The first-order valence-corrected chi connectivity index (χ1v) is 9.49. The number of hydrogen-bond acceptors (Lipinski definition) is 2. The highest BCUT2D eigenvalue weighted by Crippen LogP contribution is 2.21. The third kappa shape index (κ3) is 4.94. The van der Waals surface area contributed by atoms with E-state index in [1.54, 1.807) is 0 Å². The minimum absolute atomic E-state index is 0.151. The molecule has 1 aliphatic carbocycles. The maximum atomic E-state index is 12.5. The molecular weight excluding hydrogens is 312 g/mol. The van der Waals surface area contributed by atoms with Crippen LogP contribution in [0.15, 0.2) is 42.5 Å². The average Bonchev–Trinajstić information content (AvgIpc) is 2.69. The van der Waals surface area contributed by atoms with Gasteiger partial charge >= 0.3 is 0 Å². The Bertz CT molecular complexity index is 604. The van der Waals surface area contributed by atoms with Gasteiger partial charge in [0, 0.05) is 38.5 Å². The number of rotatable bonds is 5. The average molecular weight is 340 g/mol. The largest absolute Gasteiger partial charge is 0.339 e. The van der Waals surface area contributed by atoms with Gasteiger partial charge in [-0.1, -0.05) is 42.5 Å². The van der Waals surface area contributed by atoms with Gasteiger partial charge in [-0.3, -0.25) is 9.59 Å². The van der Waals surface area contributed by atoms with E-state index in [1.807, 2.05) is 28.0 Å². The summed E-state index contributed by atoms with van der Waals surface area (Å²) in [5, 5.41) is 0. The van der Waals surface area contributed by atoms with Crippen LogP contribution in [0, 0.1) is 5.92 Å².